The quantitative estimate of drug-likeness (QED) is 0.871. The second kappa shape index (κ2) is 7.39. The van der Waals surface area contributed by atoms with Crippen molar-refractivity contribution in [3.05, 3.63) is 18.2 Å². The van der Waals surface area contributed by atoms with Gasteiger partial charge in [0.25, 0.3) is 5.91 Å². The number of carbonyl (C=O) groups is 2. The molecule has 2 aliphatic heterocycles. The summed E-state index contributed by atoms with van der Waals surface area (Å²) in [5, 5.41) is 3.16. The van der Waals surface area contributed by atoms with Crippen molar-refractivity contribution in [1.82, 2.24) is 24.7 Å². The van der Waals surface area contributed by atoms with E-state index in [-0.39, 0.29) is 17.7 Å². The maximum atomic E-state index is 12.6. The van der Waals surface area contributed by atoms with Gasteiger partial charge < -0.3 is 14.8 Å². The SMILES string of the molecule is Cn1cncc1C(=O)N1CCC(N2CCC[C@@H](C(=O)NC3CC3)C2)CC1. The standard InChI is InChI=1S/C19H29N5O2/c1-22-13-20-11-17(22)19(26)23-9-6-16(7-10-23)24-8-2-3-14(12-24)18(25)21-15-4-5-15/h11,13-16H,2-10,12H2,1H3,(H,21,25)/t14-/m1/s1. The Morgan fingerprint density at radius 2 is 1.88 bits per heavy atom. The molecule has 1 saturated carbocycles. The smallest absolute Gasteiger partial charge is 0.272 e. The van der Waals surface area contributed by atoms with Crippen LogP contribution >= 0.6 is 0 Å². The Morgan fingerprint density at radius 1 is 1.12 bits per heavy atom. The number of aromatic nitrogens is 2. The third kappa shape index (κ3) is 3.77. The fraction of sp³-hybridized carbons (Fsp3) is 0.737. The number of amides is 2. The van der Waals surface area contributed by atoms with Crippen molar-refractivity contribution >= 4 is 11.8 Å². The molecule has 0 spiro atoms. The van der Waals surface area contributed by atoms with Gasteiger partial charge in [0.15, 0.2) is 0 Å². The Morgan fingerprint density at radius 3 is 2.54 bits per heavy atom. The highest BCUT2D eigenvalue weighted by molar-refractivity contribution is 5.92. The lowest BCUT2D eigenvalue weighted by Gasteiger charge is -2.42. The maximum absolute atomic E-state index is 12.6. The Bertz CT molecular complexity index is 661. The van der Waals surface area contributed by atoms with E-state index in [9.17, 15) is 9.59 Å². The van der Waals surface area contributed by atoms with Gasteiger partial charge in [-0.3, -0.25) is 14.5 Å². The minimum atomic E-state index is 0.0729. The van der Waals surface area contributed by atoms with Crippen LogP contribution in [0.2, 0.25) is 0 Å². The lowest BCUT2D eigenvalue weighted by atomic mass is 9.93. The predicted molar refractivity (Wildman–Crippen MR) is 97.6 cm³/mol. The molecule has 26 heavy (non-hydrogen) atoms. The van der Waals surface area contributed by atoms with Crippen LogP contribution in [-0.2, 0) is 11.8 Å². The number of nitrogens with zero attached hydrogens (tertiary/aromatic N) is 4. The Hall–Kier alpha value is -1.89. The van der Waals surface area contributed by atoms with E-state index in [0.717, 1.165) is 64.7 Å². The van der Waals surface area contributed by atoms with E-state index < -0.39 is 0 Å². The van der Waals surface area contributed by atoms with Crippen molar-refractivity contribution in [2.75, 3.05) is 26.2 Å². The lowest BCUT2D eigenvalue weighted by molar-refractivity contribution is -0.127. The van der Waals surface area contributed by atoms with Crippen LogP contribution in [0.15, 0.2) is 12.5 Å². The van der Waals surface area contributed by atoms with Gasteiger partial charge in [-0.05, 0) is 45.1 Å². The first kappa shape index (κ1) is 17.5. The van der Waals surface area contributed by atoms with Gasteiger partial charge >= 0.3 is 0 Å². The van der Waals surface area contributed by atoms with E-state index in [1.165, 1.54) is 0 Å². The predicted octanol–water partition coefficient (Wildman–Crippen LogP) is 1.02. The Balaban J connectivity index is 1.29. The van der Waals surface area contributed by atoms with Gasteiger partial charge in [0.1, 0.15) is 5.69 Å². The lowest BCUT2D eigenvalue weighted by Crippen LogP contribution is -2.51. The molecule has 0 unspecified atom stereocenters. The molecule has 3 fully saturated rings. The van der Waals surface area contributed by atoms with E-state index in [1.54, 1.807) is 17.1 Å². The molecule has 0 radical (unpaired) electrons. The minimum Gasteiger partial charge on any atom is -0.353 e. The Labute approximate surface area is 154 Å². The molecule has 1 aromatic heterocycles. The fourth-order valence-corrected chi connectivity index (χ4v) is 4.26. The van der Waals surface area contributed by atoms with E-state index in [0.29, 0.717) is 17.8 Å². The number of hydrogen-bond donors (Lipinski definition) is 1. The normalized spacial score (nSPS) is 25.3. The molecule has 4 rings (SSSR count). The molecule has 1 N–H and O–H groups in total. The molecule has 142 valence electrons. The van der Waals surface area contributed by atoms with Gasteiger partial charge in [-0.15, -0.1) is 0 Å². The monoisotopic (exact) mass is 359 g/mol. The van der Waals surface area contributed by atoms with Crippen molar-refractivity contribution < 1.29 is 9.59 Å². The van der Waals surface area contributed by atoms with E-state index in [1.807, 2.05) is 11.9 Å². The zero-order chi connectivity index (χ0) is 18.1. The topological polar surface area (TPSA) is 70.5 Å². The summed E-state index contributed by atoms with van der Waals surface area (Å²) in [5.74, 6) is 0.461. The zero-order valence-corrected chi connectivity index (χ0v) is 15.6. The van der Waals surface area contributed by atoms with Gasteiger partial charge in [0.2, 0.25) is 5.91 Å². The number of nitrogens with one attached hydrogen (secondary N) is 1. The van der Waals surface area contributed by atoms with Crippen molar-refractivity contribution in [2.24, 2.45) is 13.0 Å². The van der Waals surface area contributed by atoms with Crippen LogP contribution in [0.4, 0.5) is 0 Å². The molecular weight excluding hydrogens is 330 g/mol. The molecule has 1 atom stereocenters. The molecule has 7 heteroatoms. The van der Waals surface area contributed by atoms with E-state index >= 15 is 0 Å². The molecular formula is C19H29N5O2. The van der Waals surface area contributed by atoms with Crippen LogP contribution in [0, 0.1) is 5.92 Å². The summed E-state index contributed by atoms with van der Waals surface area (Å²) in [6.07, 6.45) is 9.67. The highest BCUT2D eigenvalue weighted by Crippen LogP contribution is 2.26. The third-order valence-electron chi connectivity index (χ3n) is 6.05. The maximum Gasteiger partial charge on any atom is 0.272 e. The average Bonchev–Trinajstić information content (AvgIpc) is 3.39. The van der Waals surface area contributed by atoms with Crippen LogP contribution in [-0.4, -0.2) is 69.4 Å². The van der Waals surface area contributed by atoms with Gasteiger partial charge in [-0.2, -0.15) is 0 Å². The largest absolute Gasteiger partial charge is 0.353 e. The highest BCUT2D eigenvalue weighted by atomic mass is 16.2. The molecule has 3 heterocycles. The summed E-state index contributed by atoms with van der Waals surface area (Å²) in [5.41, 5.74) is 0.651. The van der Waals surface area contributed by atoms with Crippen molar-refractivity contribution in [2.45, 2.75) is 50.6 Å². The molecule has 0 aromatic carbocycles. The first-order valence-corrected chi connectivity index (χ1v) is 9.92. The number of imidazole rings is 1. The summed E-state index contributed by atoms with van der Waals surface area (Å²) < 4.78 is 1.78. The summed E-state index contributed by atoms with van der Waals surface area (Å²) in [6.45, 7) is 3.51. The fourth-order valence-electron chi connectivity index (χ4n) is 4.26. The second-order valence-corrected chi connectivity index (χ2v) is 8.03. The van der Waals surface area contributed by atoms with Crippen LogP contribution in [0.25, 0.3) is 0 Å². The summed E-state index contributed by atoms with van der Waals surface area (Å²) in [7, 11) is 1.85. The number of likely N-dealkylation sites (tertiary alicyclic amines) is 2. The van der Waals surface area contributed by atoms with Gasteiger partial charge in [0, 0.05) is 38.8 Å². The highest BCUT2D eigenvalue weighted by Gasteiger charge is 2.34. The van der Waals surface area contributed by atoms with Crippen LogP contribution < -0.4 is 5.32 Å². The molecule has 3 aliphatic rings. The van der Waals surface area contributed by atoms with Crippen LogP contribution in [0.5, 0.6) is 0 Å². The van der Waals surface area contributed by atoms with Crippen LogP contribution in [0.3, 0.4) is 0 Å². The molecule has 0 bridgehead atoms. The molecule has 1 aliphatic carbocycles. The number of piperidine rings is 2. The minimum absolute atomic E-state index is 0.0729. The second-order valence-electron chi connectivity index (χ2n) is 8.03. The van der Waals surface area contributed by atoms with Gasteiger partial charge in [-0.25, -0.2) is 4.98 Å². The van der Waals surface area contributed by atoms with Crippen molar-refractivity contribution in [3.63, 3.8) is 0 Å². The summed E-state index contributed by atoms with van der Waals surface area (Å²) >= 11 is 0. The first-order valence-electron chi connectivity index (χ1n) is 9.92. The first-order chi connectivity index (χ1) is 12.6. The molecule has 2 saturated heterocycles. The number of rotatable bonds is 4. The zero-order valence-electron chi connectivity index (χ0n) is 15.6. The molecule has 2 amide bonds. The Kier molecular flexibility index (Phi) is 4.98. The molecule has 7 nitrogen and oxygen atoms in total. The summed E-state index contributed by atoms with van der Waals surface area (Å²) in [4.78, 5) is 33.5. The van der Waals surface area contributed by atoms with Crippen molar-refractivity contribution in [3.8, 4) is 0 Å². The number of aryl methyl sites for hydroxylation is 1. The number of carbonyl (C=O) groups excluding carboxylic acids is 2. The van der Waals surface area contributed by atoms with Crippen LogP contribution in [0.1, 0.15) is 49.0 Å². The number of hydrogen-bond acceptors (Lipinski definition) is 4. The van der Waals surface area contributed by atoms with E-state index in [2.05, 4.69) is 15.2 Å². The van der Waals surface area contributed by atoms with Crippen molar-refractivity contribution in [1.29, 1.82) is 0 Å². The van der Waals surface area contributed by atoms with Gasteiger partial charge in [-0.1, -0.05) is 0 Å². The van der Waals surface area contributed by atoms with Gasteiger partial charge in [0.05, 0.1) is 18.4 Å². The average molecular weight is 359 g/mol. The van der Waals surface area contributed by atoms with E-state index in [4.69, 9.17) is 0 Å². The summed E-state index contributed by atoms with van der Waals surface area (Å²) in [6, 6.07) is 0.932. The third-order valence-corrected chi connectivity index (χ3v) is 6.05. The molecule has 1 aromatic rings.